The minimum absolute atomic E-state index is 0.0300. The summed E-state index contributed by atoms with van der Waals surface area (Å²) in [5.74, 6) is -2.01. The lowest BCUT2D eigenvalue weighted by Crippen LogP contribution is -2.18. The van der Waals surface area contributed by atoms with Crippen molar-refractivity contribution in [3.63, 3.8) is 0 Å². The fourth-order valence-electron chi connectivity index (χ4n) is 3.41. The summed E-state index contributed by atoms with van der Waals surface area (Å²) in [6.07, 6.45) is 0.290. The highest BCUT2D eigenvalue weighted by Gasteiger charge is 2.32. The van der Waals surface area contributed by atoms with E-state index >= 15 is 0 Å². The van der Waals surface area contributed by atoms with Gasteiger partial charge in [0.1, 0.15) is 22.5 Å². The summed E-state index contributed by atoms with van der Waals surface area (Å²) in [5, 5.41) is 51.9. The van der Waals surface area contributed by atoms with Gasteiger partial charge in [-0.25, -0.2) is 0 Å². The van der Waals surface area contributed by atoms with E-state index in [1.165, 1.54) is 12.1 Å². The van der Waals surface area contributed by atoms with Crippen molar-refractivity contribution in [3.8, 4) is 23.0 Å². The molecule has 0 spiro atoms. The molecule has 7 heteroatoms. The van der Waals surface area contributed by atoms with Crippen LogP contribution in [0.25, 0.3) is 21.9 Å². The molecule has 158 valence electrons. The Bertz CT molecular complexity index is 1260. The number of rotatable bonds is 5. The van der Waals surface area contributed by atoms with E-state index in [1.807, 2.05) is 0 Å². The van der Waals surface area contributed by atoms with Crippen LogP contribution in [-0.2, 0) is 11.8 Å². The van der Waals surface area contributed by atoms with Gasteiger partial charge in [-0.2, -0.15) is 0 Å². The van der Waals surface area contributed by atoms with Gasteiger partial charge in [0.2, 0.25) is 11.2 Å². The highest BCUT2D eigenvalue weighted by atomic mass is 16.4. The van der Waals surface area contributed by atoms with Crippen LogP contribution < -0.4 is 5.43 Å². The molecule has 1 aromatic heterocycles. The number of phenols is 4. The Hall–Kier alpha value is -3.45. The molecule has 0 aliphatic carbocycles. The maximum absolute atomic E-state index is 13.2. The zero-order valence-electron chi connectivity index (χ0n) is 17.0. The van der Waals surface area contributed by atoms with Crippen LogP contribution in [0.4, 0.5) is 0 Å². The molecule has 0 bridgehead atoms. The molecule has 30 heavy (non-hydrogen) atoms. The zero-order valence-corrected chi connectivity index (χ0v) is 17.0. The van der Waals surface area contributed by atoms with Gasteiger partial charge in [-0.05, 0) is 19.1 Å². The van der Waals surface area contributed by atoms with Gasteiger partial charge in [0.05, 0.1) is 11.5 Å². The molecular formula is C23H24O7. The van der Waals surface area contributed by atoms with E-state index in [-0.39, 0.29) is 45.2 Å². The normalized spacial score (nSPS) is 12.9. The average molecular weight is 412 g/mol. The molecule has 2 aromatic carbocycles. The summed E-state index contributed by atoms with van der Waals surface area (Å²) in [5.41, 5.74) is -1.47. The summed E-state index contributed by atoms with van der Waals surface area (Å²) in [7, 11) is 0. The molecule has 0 radical (unpaired) electrons. The molecule has 0 fully saturated rings. The van der Waals surface area contributed by atoms with E-state index < -0.39 is 34.2 Å². The fraction of sp³-hybridized carbons (Fsp3) is 0.261. The van der Waals surface area contributed by atoms with Crippen LogP contribution in [-0.4, -0.2) is 31.6 Å². The van der Waals surface area contributed by atoms with Crippen molar-refractivity contribution in [2.24, 2.45) is 0 Å². The first kappa shape index (κ1) is 21.3. The zero-order chi connectivity index (χ0) is 22.5. The fourth-order valence-corrected chi connectivity index (χ4v) is 3.41. The Morgan fingerprint density at radius 1 is 1.13 bits per heavy atom. The van der Waals surface area contributed by atoms with Crippen LogP contribution >= 0.6 is 0 Å². The van der Waals surface area contributed by atoms with Gasteiger partial charge < -0.3 is 29.9 Å². The number of fused-ring (bicyclic) bond motifs is 2. The van der Waals surface area contributed by atoms with Gasteiger partial charge in [-0.3, -0.25) is 4.79 Å². The van der Waals surface area contributed by atoms with Gasteiger partial charge in [0.15, 0.2) is 11.3 Å². The van der Waals surface area contributed by atoms with E-state index in [4.69, 9.17) is 4.42 Å². The number of aromatic hydroxyl groups is 4. The number of hydrogen-bond donors (Lipinski definition) is 5. The number of allylic oxidation sites excluding steroid dienone is 1. The topological polar surface area (TPSA) is 131 Å². The molecule has 1 unspecified atom stereocenters. The quantitative estimate of drug-likeness (QED) is 0.245. The Kier molecular flexibility index (Phi) is 5.04. The van der Waals surface area contributed by atoms with E-state index in [0.717, 1.165) is 6.07 Å². The summed E-state index contributed by atoms with van der Waals surface area (Å²) in [4.78, 5) is 13.2. The SMILES string of the molecule is C=CC(C)(C)c1c(O)c(CC(O)C(=C)C)c(O)c2c(=O)c3ccc(O)c(O)c3oc12. The van der Waals surface area contributed by atoms with Gasteiger partial charge >= 0.3 is 0 Å². The second-order valence-corrected chi connectivity index (χ2v) is 7.99. The van der Waals surface area contributed by atoms with Gasteiger partial charge in [-0.15, -0.1) is 6.58 Å². The summed E-state index contributed by atoms with van der Waals surface area (Å²) < 4.78 is 5.77. The maximum Gasteiger partial charge on any atom is 0.204 e. The number of phenolic OH excluding ortho intramolecular Hbond substituents is 4. The summed E-state index contributed by atoms with van der Waals surface area (Å²) in [6.45, 7) is 12.5. The first-order chi connectivity index (χ1) is 13.9. The predicted octanol–water partition coefficient (Wildman–Crippen LogP) is 3.71. The molecule has 7 nitrogen and oxygen atoms in total. The molecule has 1 heterocycles. The Morgan fingerprint density at radius 3 is 2.33 bits per heavy atom. The first-order valence-electron chi connectivity index (χ1n) is 9.28. The van der Waals surface area contributed by atoms with Crippen LogP contribution in [0, 0.1) is 0 Å². The largest absolute Gasteiger partial charge is 0.507 e. The number of hydrogen-bond acceptors (Lipinski definition) is 7. The van der Waals surface area contributed by atoms with E-state index in [9.17, 15) is 30.3 Å². The predicted molar refractivity (Wildman–Crippen MR) is 114 cm³/mol. The molecule has 5 N–H and O–H groups in total. The Balaban J connectivity index is 2.60. The van der Waals surface area contributed by atoms with Gasteiger partial charge in [0.25, 0.3) is 0 Å². The van der Waals surface area contributed by atoms with E-state index in [0.29, 0.717) is 5.57 Å². The van der Waals surface area contributed by atoms with Crippen molar-refractivity contribution in [2.75, 3.05) is 0 Å². The summed E-state index contributed by atoms with van der Waals surface area (Å²) in [6, 6.07) is 2.40. The van der Waals surface area contributed by atoms with E-state index in [1.54, 1.807) is 20.8 Å². The maximum atomic E-state index is 13.2. The van der Waals surface area contributed by atoms with Crippen molar-refractivity contribution in [1.82, 2.24) is 0 Å². The van der Waals surface area contributed by atoms with Crippen molar-refractivity contribution in [2.45, 2.75) is 38.7 Å². The highest BCUT2D eigenvalue weighted by Crippen LogP contribution is 2.47. The third-order valence-corrected chi connectivity index (χ3v) is 5.41. The van der Waals surface area contributed by atoms with Crippen LogP contribution in [0.15, 0.2) is 46.2 Å². The Labute approximate surface area is 172 Å². The van der Waals surface area contributed by atoms with Crippen molar-refractivity contribution in [3.05, 3.63) is 58.3 Å². The minimum atomic E-state index is -1.06. The van der Waals surface area contributed by atoms with Gasteiger partial charge in [-0.1, -0.05) is 32.1 Å². The highest BCUT2D eigenvalue weighted by molar-refractivity contribution is 5.99. The summed E-state index contributed by atoms with van der Waals surface area (Å²) >= 11 is 0. The molecule has 1 atom stereocenters. The number of aliphatic hydroxyl groups excluding tert-OH is 1. The molecule has 0 aliphatic heterocycles. The lowest BCUT2D eigenvalue weighted by Gasteiger charge is -2.26. The second-order valence-electron chi connectivity index (χ2n) is 7.99. The van der Waals surface area contributed by atoms with Crippen LogP contribution in [0.1, 0.15) is 31.9 Å². The lowest BCUT2D eigenvalue weighted by atomic mass is 9.80. The smallest absolute Gasteiger partial charge is 0.204 e. The monoisotopic (exact) mass is 412 g/mol. The molecular weight excluding hydrogens is 388 g/mol. The number of aliphatic hydroxyl groups is 1. The van der Waals surface area contributed by atoms with Crippen molar-refractivity contribution in [1.29, 1.82) is 0 Å². The standard InChI is InChI=1S/C23H24O7/c1-6-23(4,5)16-19(28)12(9-14(25)10(2)3)18(27)15-17(26)11-7-8-13(24)20(29)21(11)30-22(15)16/h6-8,14,24-25,27-29H,1-2,9H2,3-5H3. The average Bonchev–Trinajstić information content (AvgIpc) is 2.67. The lowest BCUT2D eigenvalue weighted by molar-refractivity contribution is 0.209. The van der Waals surface area contributed by atoms with Crippen LogP contribution in [0.2, 0.25) is 0 Å². The first-order valence-corrected chi connectivity index (χ1v) is 9.28. The molecule has 0 saturated heterocycles. The molecule has 3 aromatic rings. The molecule has 3 rings (SSSR count). The number of benzene rings is 2. The van der Waals surface area contributed by atoms with E-state index in [2.05, 4.69) is 13.2 Å². The molecule has 0 aliphatic rings. The van der Waals surface area contributed by atoms with Crippen LogP contribution in [0.3, 0.4) is 0 Å². The Morgan fingerprint density at radius 2 is 1.77 bits per heavy atom. The third kappa shape index (κ3) is 3.07. The molecule has 0 saturated carbocycles. The minimum Gasteiger partial charge on any atom is -0.507 e. The molecule has 0 amide bonds. The van der Waals surface area contributed by atoms with Crippen molar-refractivity contribution < 1.29 is 29.9 Å². The third-order valence-electron chi connectivity index (χ3n) is 5.41. The second kappa shape index (κ2) is 7.11. The van der Waals surface area contributed by atoms with Gasteiger partial charge in [0, 0.05) is 23.0 Å². The van der Waals surface area contributed by atoms with Crippen molar-refractivity contribution >= 4 is 21.9 Å². The van der Waals surface area contributed by atoms with Crippen LogP contribution in [0.5, 0.6) is 23.0 Å².